The second kappa shape index (κ2) is 4.61. The van der Waals surface area contributed by atoms with Crippen LogP contribution >= 0.6 is 15.9 Å². The topological polar surface area (TPSA) is 38.9 Å². The molecule has 0 aliphatic carbocycles. The van der Waals surface area contributed by atoms with Crippen LogP contribution in [0.2, 0.25) is 0 Å². The molecule has 2 nitrogen and oxygen atoms in total. The van der Waals surface area contributed by atoms with Gasteiger partial charge in [0, 0.05) is 10.0 Å². The summed E-state index contributed by atoms with van der Waals surface area (Å²) in [6.45, 7) is 0. The highest BCUT2D eigenvalue weighted by atomic mass is 79.9. The lowest BCUT2D eigenvalue weighted by atomic mass is 10.1. The van der Waals surface area contributed by atoms with E-state index in [4.69, 9.17) is 5.73 Å². The fourth-order valence-corrected chi connectivity index (χ4v) is 2.10. The van der Waals surface area contributed by atoms with Gasteiger partial charge in [0.25, 0.3) is 0 Å². The van der Waals surface area contributed by atoms with Gasteiger partial charge in [-0.2, -0.15) is 13.2 Å². The number of aromatic nitrogens is 1. The van der Waals surface area contributed by atoms with Gasteiger partial charge in [-0.05, 0) is 34.1 Å². The molecule has 94 valence electrons. The summed E-state index contributed by atoms with van der Waals surface area (Å²) >= 11 is 3.24. The van der Waals surface area contributed by atoms with Gasteiger partial charge < -0.3 is 5.73 Å². The van der Waals surface area contributed by atoms with E-state index in [0.29, 0.717) is 21.4 Å². The van der Waals surface area contributed by atoms with Crippen molar-refractivity contribution in [1.82, 2.24) is 4.98 Å². The Bertz CT molecular complexity index is 582. The van der Waals surface area contributed by atoms with Crippen LogP contribution in [0.3, 0.4) is 0 Å². The Morgan fingerprint density at radius 1 is 1.17 bits per heavy atom. The molecule has 1 aromatic heterocycles. The van der Waals surface area contributed by atoms with Crippen LogP contribution in [-0.4, -0.2) is 4.98 Å². The Morgan fingerprint density at radius 3 is 2.50 bits per heavy atom. The molecule has 0 amide bonds. The van der Waals surface area contributed by atoms with Crippen molar-refractivity contribution < 1.29 is 13.2 Å². The molecule has 0 bridgehead atoms. The highest BCUT2D eigenvalue weighted by Gasteiger charge is 2.30. The SMILES string of the molecule is Nc1cnc(-c2cccc(C(F)(F)F)c2)c(Br)c1. The first kappa shape index (κ1) is 12.9. The first-order chi connectivity index (χ1) is 8.38. The van der Waals surface area contributed by atoms with E-state index in [2.05, 4.69) is 20.9 Å². The maximum Gasteiger partial charge on any atom is 0.416 e. The second-order valence-corrected chi connectivity index (χ2v) is 4.53. The van der Waals surface area contributed by atoms with Gasteiger partial charge in [-0.25, -0.2) is 0 Å². The summed E-state index contributed by atoms with van der Waals surface area (Å²) in [4.78, 5) is 4.03. The van der Waals surface area contributed by atoms with E-state index in [-0.39, 0.29) is 0 Å². The zero-order chi connectivity index (χ0) is 13.3. The molecule has 1 heterocycles. The van der Waals surface area contributed by atoms with Crippen molar-refractivity contribution in [3.63, 3.8) is 0 Å². The maximum atomic E-state index is 12.6. The van der Waals surface area contributed by atoms with Gasteiger partial charge in [0.15, 0.2) is 0 Å². The molecule has 0 radical (unpaired) electrons. The van der Waals surface area contributed by atoms with Gasteiger partial charge >= 0.3 is 6.18 Å². The van der Waals surface area contributed by atoms with Gasteiger partial charge in [0.2, 0.25) is 0 Å². The molecule has 0 saturated carbocycles. The summed E-state index contributed by atoms with van der Waals surface area (Å²) in [6.07, 6.45) is -2.96. The van der Waals surface area contributed by atoms with Crippen LogP contribution in [0.15, 0.2) is 41.0 Å². The molecule has 0 unspecified atom stereocenters. The largest absolute Gasteiger partial charge is 0.416 e. The van der Waals surface area contributed by atoms with Crippen molar-refractivity contribution in [1.29, 1.82) is 0 Å². The average molecular weight is 317 g/mol. The van der Waals surface area contributed by atoms with Crippen LogP contribution in [0.4, 0.5) is 18.9 Å². The molecule has 0 fully saturated rings. The number of nitrogens with two attached hydrogens (primary N) is 1. The Hall–Kier alpha value is -1.56. The predicted octanol–water partition coefficient (Wildman–Crippen LogP) is 4.11. The molecule has 0 aliphatic heterocycles. The second-order valence-electron chi connectivity index (χ2n) is 3.68. The summed E-state index contributed by atoms with van der Waals surface area (Å²) in [7, 11) is 0. The molecular weight excluding hydrogens is 309 g/mol. The third-order valence-electron chi connectivity index (χ3n) is 2.33. The highest BCUT2D eigenvalue weighted by Crippen LogP contribution is 2.33. The van der Waals surface area contributed by atoms with E-state index in [1.807, 2.05) is 0 Å². The summed E-state index contributed by atoms with van der Waals surface area (Å²) in [6, 6.07) is 6.60. The lowest BCUT2D eigenvalue weighted by Gasteiger charge is -2.09. The Kier molecular flexibility index (Phi) is 3.30. The lowest BCUT2D eigenvalue weighted by Crippen LogP contribution is -2.04. The van der Waals surface area contributed by atoms with Crippen molar-refractivity contribution in [2.45, 2.75) is 6.18 Å². The van der Waals surface area contributed by atoms with Crippen molar-refractivity contribution >= 4 is 21.6 Å². The van der Waals surface area contributed by atoms with E-state index < -0.39 is 11.7 Å². The molecule has 18 heavy (non-hydrogen) atoms. The van der Waals surface area contributed by atoms with Crippen LogP contribution in [-0.2, 0) is 6.18 Å². The summed E-state index contributed by atoms with van der Waals surface area (Å²) in [5, 5.41) is 0. The molecule has 1 aromatic carbocycles. The monoisotopic (exact) mass is 316 g/mol. The van der Waals surface area contributed by atoms with E-state index in [1.165, 1.54) is 12.3 Å². The number of rotatable bonds is 1. The van der Waals surface area contributed by atoms with Gasteiger partial charge in [-0.15, -0.1) is 0 Å². The quantitative estimate of drug-likeness (QED) is 0.859. The molecule has 2 aromatic rings. The van der Waals surface area contributed by atoms with Crippen molar-refractivity contribution in [3.8, 4) is 11.3 Å². The first-order valence-corrected chi connectivity index (χ1v) is 5.76. The van der Waals surface area contributed by atoms with Crippen LogP contribution < -0.4 is 5.73 Å². The Balaban J connectivity index is 2.51. The van der Waals surface area contributed by atoms with Crippen LogP contribution in [0.5, 0.6) is 0 Å². The van der Waals surface area contributed by atoms with E-state index >= 15 is 0 Å². The Labute approximate surface area is 110 Å². The van der Waals surface area contributed by atoms with Crippen molar-refractivity contribution in [3.05, 3.63) is 46.6 Å². The molecule has 0 saturated heterocycles. The van der Waals surface area contributed by atoms with Crippen LogP contribution in [0.25, 0.3) is 11.3 Å². The molecule has 2 N–H and O–H groups in total. The minimum Gasteiger partial charge on any atom is -0.397 e. The number of hydrogen-bond donors (Lipinski definition) is 1. The number of alkyl halides is 3. The van der Waals surface area contributed by atoms with Crippen molar-refractivity contribution in [2.75, 3.05) is 5.73 Å². The number of benzene rings is 1. The van der Waals surface area contributed by atoms with E-state index in [0.717, 1.165) is 12.1 Å². The van der Waals surface area contributed by atoms with Gasteiger partial charge in [-0.1, -0.05) is 12.1 Å². The fraction of sp³-hybridized carbons (Fsp3) is 0.0833. The third kappa shape index (κ3) is 2.64. The molecule has 2 rings (SSSR count). The maximum absolute atomic E-state index is 12.6. The molecule has 0 aliphatic rings. The number of nitrogens with zero attached hydrogens (tertiary/aromatic N) is 1. The number of pyridine rings is 1. The van der Waals surface area contributed by atoms with E-state index in [9.17, 15) is 13.2 Å². The molecular formula is C12H8BrF3N2. The van der Waals surface area contributed by atoms with Crippen molar-refractivity contribution in [2.24, 2.45) is 0 Å². The number of nitrogen functional groups attached to an aromatic ring is 1. The fourth-order valence-electron chi connectivity index (χ4n) is 1.51. The molecule has 0 spiro atoms. The standard InChI is InChI=1S/C12H8BrF3N2/c13-10-5-9(17)6-18-11(10)7-2-1-3-8(4-7)12(14,15)16/h1-6H,17H2. The minimum absolute atomic E-state index is 0.386. The highest BCUT2D eigenvalue weighted by molar-refractivity contribution is 9.10. The Morgan fingerprint density at radius 2 is 1.89 bits per heavy atom. The summed E-state index contributed by atoms with van der Waals surface area (Å²) in [5.41, 5.74) is 6.08. The number of hydrogen-bond acceptors (Lipinski definition) is 2. The predicted molar refractivity (Wildman–Crippen MR) is 66.8 cm³/mol. The van der Waals surface area contributed by atoms with E-state index in [1.54, 1.807) is 12.1 Å². The zero-order valence-corrected chi connectivity index (χ0v) is 10.6. The smallest absolute Gasteiger partial charge is 0.397 e. The number of anilines is 1. The number of halogens is 4. The van der Waals surface area contributed by atoms with Gasteiger partial charge in [0.1, 0.15) is 0 Å². The van der Waals surface area contributed by atoms with Crippen LogP contribution in [0, 0.1) is 0 Å². The summed E-state index contributed by atoms with van der Waals surface area (Å²) in [5.74, 6) is 0. The first-order valence-electron chi connectivity index (χ1n) is 4.96. The third-order valence-corrected chi connectivity index (χ3v) is 2.93. The van der Waals surface area contributed by atoms with Gasteiger partial charge in [0.05, 0.1) is 23.1 Å². The summed E-state index contributed by atoms with van der Waals surface area (Å²) < 4.78 is 38.3. The lowest BCUT2D eigenvalue weighted by molar-refractivity contribution is -0.137. The van der Waals surface area contributed by atoms with Crippen LogP contribution in [0.1, 0.15) is 5.56 Å². The molecule has 0 atom stereocenters. The minimum atomic E-state index is -4.36. The average Bonchev–Trinajstić information content (AvgIpc) is 2.28. The normalized spacial score (nSPS) is 11.6. The van der Waals surface area contributed by atoms with Gasteiger partial charge in [-0.3, -0.25) is 4.98 Å². The zero-order valence-electron chi connectivity index (χ0n) is 9.00. The molecule has 6 heteroatoms.